The Hall–Kier alpha value is -4.46. The lowest BCUT2D eigenvalue weighted by molar-refractivity contribution is -0.144. The van der Waals surface area contributed by atoms with Crippen molar-refractivity contribution < 1.29 is 37.1 Å². The van der Waals surface area contributed by atoms with E-state index in [2.05, 4.69) is 20.7 Å². The molecule has 0 unspecified atom stereocenters. The molecule has 0 aliphatic carbocycles. The van der Waals surface area contributed by atoms with Crippen LogP contribution in [-0.4, -0.2) is 86.0 Å². The molecule has 254 valence electrons. The van der Waals surface area contributed by atoms with E-state index in [1.807, 2.05) is 0 Å². The first-order valence-corrected chi connectivity index (χ1v) is 17.7. The number of ether oxygens (including phenoxy) is 1. The van der Waals surface area contributed by atoms with E-state index in [1.165, 1.54) is 4.90 Å². The Kier molecular flexibility index (Phi) is 11.6. The maximum Gasteiger partial charge on any atom is 0.338 e. The highest BCUT2D eigenvalue weighted by Crippen LogP contribution is 2.23. The largest absolute Gasteiger partial charge is 0.462 e. The number of fused-ring (bicyclic) bond motifs is 1. The van der Waals surface area contributed by atoms with E-state index in [0.29, 0.717) is 49.0 Å². The van der Waals surface area contributed by atoms with Gasteiger partial charge in [-0.25, -0.2) is 13.2 Å². The molecule has 2 fully saturated rings. The maximum atomic E-state index is 14.0. The van der Waals surface area contributed by atoms with Crippen molar-refractivity contribution in [3.05, 3.63) is 65.7 Å². The number of carbonyl (C=O) groups is 5. The molecule has 2 aromatic carbocycles. The van der Waals surface area contributed by atoms with Gasteiger partial charge in [-0.15, -0.1) is 0 Å². The summed E-state index contributed by atoms with van der Waals surface area (Å²) in [7, 11) is -3.47. The van der Waals surface area contributed by atoms with Crippen LogP contribution in [0.2, 0.25) is 0 Å². The smallest absolute Gasteiger partial charge is 0.338 e. The molecule has 13 nitrogen and oxygen atoms in total. The van der Waals surface area contributed by atoms with Gasteiger partial charge in [-0.05, 0) is 75.3 Å². The number of carbonyl (C=O) groups excluding carboxylic acids is 5. The number of esters is 1. The van der Waals surface area contributed by atoms with Crippen molar-refractivity contribution in [3.63, 3.8) is 0 Å². The van der Waals surface area contributed by atoms with Crippen molar-refractivity contribution in [3.8, 4) is 0 Å². The molecule has 0 spiro atoms. The summed E-state index contributed by atoms with van der Waals surface area (Å²) in [4.78, 5) is 68.5. The molecule has 2 saturated heterocycles. The molecule has 47 heavy (non-hydrogen) atoms. The third-order valence-electron chi connectivity index (χ3n) is 8.51. The fourth-order valence-corrected chi connectivity index (χ4v) is 6.22. The molecule has 2 aliphatic rings. The molecule has 2 aliphatic heterocycles. The molecule has 0 saturated carbocycles. The lowest BCUT2D eigenvalue weighted by Crippen LogP contribution is -2.65. The standard InChI is InChI=1S/C33H43N5O8S/c1-4-33(2)32(43)35-26(21-22-15-17-24(18-16-22)37-47(3,44)45)30(41)38-19-10-14-27(38)29(40)34-25(28(39)36-33)13-8-9-20-46-31(42)23-11-6-5-7-12-23/h5-7,11-12,15-18,25-27,37H,4,8-10,13-14,19-21H2,1-3H3,(H,34,40)(H,35,43)(H,36,39)/t25-,26-,27+,33-/m0/s1. The first-order chi connectivity index (χ1) is 22.3. The van der Waals surface area contributed by atoms with Crippen LogP contribution in [0.3, 0.4) is 0 Å². The van der Waals surface area contributed by atoms with Crippen LogP contribution in [0.1, 0.15) is 68.3 Å². The van der Waals surface area contributed by atoms with Gasteiger partial charge in [0, 0.05) is 18.7 Å². The van der Waals surface area contributed by atoms with Crippen LogP contribution in [0.25, 0.3) is 0 Å². The van der Waals surface area contributed by atoms with E-state index in [9.17, 15) is 32.4 Å². The molecule has 0 aromatic heterocycles. The van der Waals surface area contributed by atoms with Crippen molar-refractivity contribution >= 4 is 45.3 Å². The summed E-state index contributed by atoms with van der Waals surface area (Å²) in [5, 5.41) is 8.47. The number of nitrogens with one attached hydrogen (secondary N) is 4. The van der Waals surface area contributed by atoms with Crippen LogP contribution in [0.5, 0.6) is 0 Å². The molecular formula is C33H43N5O8S. The van der Waals surface area contributed by atoms with Crippen molar-refractivity contribution in [1.29, 1.82) is 0 Å². The first kappa shape index (κ1) is 35.4. The SMILES string of the molecule is CC[C@]1(C)NC(=O)[C@H](CCCCOC(=O)c2ccccc2)NC(=O)[C@H]2CCCN2C(=O)[C@H](Cc2ccc(NS(C)(=O)=O)cc2)NC1=O. The van der Waals surface area contributed by atoms with E-state index >= 15 is 0 Å². The average molecular weight is 670 g/mol. The van der Waals surface area contributed by atoms with E-state index in [4.69, 9.17) is 4.74 Å². The number of rotatable bonds is 11. The van der Waals surface area contributed by atoms with E-state index in [1.54, 1.807) is 68.4 Å². The molecule has 4 N–H and O–H groups in total. The highest BCUT2D eigenvalue weighted by Gasteiger charge is 2.43. The number of hydrogen-bond donors (Lipinski definition) is 4. The van der Waals surface area contributed by atoms with Crippen molar-refractivity contribution in [2.45, 2.75) is 82.5 Å². The second kappa shape index (κ2) is 15.4. The summed E-state index contributed by atoms with van der Waals surface area (Å²) in [6.45, 7) is 3.75. The average Bonchev–Trinajstić information content (AvgIpc) is 3.53. The normalized spacial score (nSPS) is 23.8. The van der Waals surface area contributed by atoms with Gasteiger partial charge in [0.15, 0.2) is 0 Å². The molecule has 4 rings (SSSR count). The minimum Gasteiger partial charge on any atom is -0.462 e. The summed E-state index contributed by atoms with van der Waals surface area (Å²) >= 11 is 0. The maximum absolute atomic E-state index is 14.0. The van der Waals surface area contributed by atoms with Gasteiger partial charge in [0.1, 0.15) is 23.7 Å². The monoisotopic (exact) mass is 669 g/mol. The second-order valence-electron chi connectivity index (χ2n) is 12.2. The molecule has 4 amide bonds. The van der Waals surface area contributed by atoms with Gasteiger partial charge >= 0.3 is 5.97 Å². The topological polar surface area (TPSA) is 180 Å². The summed E-state index contributed by atoms with van der Waals surface area (Å²) in [5.41, 5.74) is 0.0575. The minimum atomic E-state index is -3.47. The fourth-order valence-electron chi connectivity index (χ4n) is 5.65. The number of nitrogens with zero attached hydrogens (tertiary/aromatic N) is 1. The first-order valence-electron chi connectivity index (χ1n) is 15.8. The number of unbranched alkanes of at least 4 members (excludes halogenated alkanes) is 1. The Balaban J connectivity index is 1.48. The molecular weight excluding hydrogens is 626 g/mol. The highest BCUT2D eigenvalue weighted by atomic mass is 32.2. The van der Waals surface area contributed by atoms with E-state index < -0.39 is 63.3 Å². The van der Waals surface area contributed by atoms with Gasteiger partial charge in [0.25, 0.3) is 0 Å². The van der Waals surface area contributed by atoms with E-state index in [-0.39, 0.29) is 25.9 Å². The Labute approximate surface area is 275 Å². The number of hydrogen-bond acceptors (Lipinski definition) is 8. The highest BCUT2D eigenvalue weighted by molar-refractivity contribution is 7.92. The molecule has 4 atom stereocenters. The van der Waals surface area contributed by atoms with Gasteiger partial charge in [-0.2, -0.15) is 0 Å². The van der Waals surface area contributed by atoms with Crippen LogP contribution >= 0.6 is 0 Å². The van der Waals surface area contributed by atoms with Gasteiger partial charge in [-0.3, -0.25) is 23.9 Å². The minimum absolute atomic E-state index is 0.0831. The lowest BCUT2D eigenvalue weighted by Gasteiger charge is -2.36. The quantitative estimate of drug-likeness (QED) is 0.207. The number of sulfonamides is 1. The zero-order chi connectivity index (χ0) is 34.2. The summed E-state index contributed by atoms with van der Waals surface area (Å²) < 4.78 is 30.9. The van der Waals surface area contributed by atoms with Crippen molar-refractivity contribution in [2.24, 2.45) is 0 Å². The van der Waals surface area contributed by atoms with E-state index in [0.717, 1.165) is 6.26 Å². The lowest BCUT2D eigenvalue weighted by atomic mass is 9.94. The second-order valence-corrected chi connectivity index (χ2v) is 14.0. The van der Waals surface area contributed by atoms with Crippen LogP contribution in [0.15, 0.2) is 54.6 Å². The van der Waals surface area contributed by atoms with Gasteiger partial charge in [0.05, 0.1) is 18.4 Å². The summed E-state index contributed by atoms with van der Waals surface area (Å²) in [6, 6.07) is 12.2. The molecule has 2 aromatic rings. The van der Waals surface area contributed by atoms with Crippen LogP contribution in [0.4, 0.5) is 5.69 Å². The van der Waals surface area contributed by atoms with Crippen LogP contribution in [0, 0.1) is 0 Å². The Bertz CT molecular complexity index is 1570. The van der Waals surface area contributed by atoms with Gasteiger partial charge in [0.2, 0.25) is 33.7 Å². The van der Waals surface area contributed by atoms with Gasteiger partial charge in [-0.1, -0.05) is 37.3 Å². The Morgan fingerprint density at radius 2 is 1.68 bits per heavy atom. The van der Waals surface area contributed by atoms with Crippen LogP contribution < -0.4 is 20.7 Å². The summed E-state index contributed by atoms with van der Waals surface area (Å²) in [5.74, 6) is -2.39. The third kappa shape index (κ3) is 9.53. The van der Waals surface area contributed by atoms with Crippen molar-refractivity contribution in [1.82, 2.24) is 20.9 Å². The molecule has 2 heterocycles. The Morgan fingerprint density at radius 3 is 2.34 bits per heavy atom. The number of benzene rings is 2. The summed E-state index contributed by atoms with van der Waals surface area (Å²) in [6.07, 6.45) is 3.44. The zero-order valence-corrected chi connectivity index (χ0v) is 27.7. The predicted octanol–water partition coefficient (Wildman–Crippen LogP) is 1.89. The fraction of sp³-hybridized carbons (Fsp3) is 0.485. The number of anilines is 1. The third-order valence-corrected chi connectivity index (χ3v) is 9.12. The number of amides is 4. The van der Waals surface area contributed by atoms with Gasteiger partial charge < -0.3 is 25.6 Å². The Morgan fingerprint density at radius 1 is 0.979 bits per heavy atom. The van der Waals surface area contributed by atoms with Crippen molar-refractivity contribution in [2.75, 3.05) is 24.1 Å². The molecule has 0 radical (unpaired) electrons. The predicted molar refractivity (Wildman–Crippen MR) is 175 cm³/mol. The molecule has 14 heteroatoms. The van der Waals surface area contributed by atoms with Crippen LogP contribution in [-0.2, 0) is 40.4 Å². The zero-order valence-electron chi connectivity index (χ0n) is 26.9. The molecule has 0 bridgehead atoms.